The van der Waals surface area contributed by atoms with Crippen LogP contribution in [-0.2, 0) is 0 Å². The summed E-state index contributed by atoms with van der Waals surface area (Å²) in [6.45, 7) is 1.66. The summed E-state index contributed by atoms with van der Waals surface area (Å²) >= 11 is 6.07. The summed E-state index contributed by atoms with van der Waals surface area (Å²) in [6.07, 6.45) is 1.35. The lowest BCUT2D eigenvalue weighted by Crippen LogP contribution is -2.35. The van der Waals surface area contributed by atoms with E-state index in [1.165, 1.54) is 0 Å². The number of amides is 1. The Kier molecular flexibility index (Phi) is 3.82. The number of nitrogens with one attached hydrogen (secondary N) is 2. The molecule has 0 aromatic heterocycles. The summed E-state index contributed by atoms with van der Waals surface area (Å²) in [5.41, 5.74) is 3.93. The van der Waals surface area contributed by atoms with Crippen LogP contribution in [0.25, 0.3) is 0 Å². The van der Waals surface area contributed by atoms with E-state index in [2.05, 4.69) is 15.5 Å². The maximum Gasteiger partial charge on any atom is 0.257 e. The average Bonchev–Trinajstić information content (AvgIpc) is 2.70. The van der Waals surface area contributed by atoms with Gasteiger partial charge in [-0.3, -0.25) is 4.79 Å². The molecule has 2 aromatic carbocycles. The van der Waals surface area contributed by atoms with Crippen molar-refractivity contribution < 1.29 is 9.90 Å². The molecule has 124 valence electrons. The molecule has 6 heteroatoms. The number of carbonyl (C=O) groups is 1. The fourth-order valence-corrected chi connectivity index (χ4v) is 3.39. The predicted octanol–water partition coefficient (Wildman–Crippen LogP) is 3.61. The van der Waals surface area contributed by atoms with Gasteiger partial charge in [0.05, 0.1) is 28.7 Å². The second-order valence-electron chi connectivity index (χ2n) is 6.22. The van der Waals surface area contributed by atoms with Crippen molar-refractivity contribution in [1.82, 2.24) is 0 Å². The van der Waals surface area contributed by atoms with Crippen LogP contribution in [0.3, 0.4) is 0 Å². The minimum Gasteiger partial charge on any atom is -0.393 e. The molecule has 0 spiro atoms. The number of anilines is 4. The monoisotopic (exact) mass is 343 g/mol. The molecule has 1 saturated heterocycles. The van der Waals surface area contributed by atoms with Crippen molar-refractivity contribution in [2.75, 3.05) is 28.6 Å². The van der Waals surface area contributed by atoms with Crippen molar-refractivity contribution in [2.45, 2.75) is 18.9 Å². The Bertz CT molecular complexity index is 801. The molecule has 0 radical (unpaired) electrons. The number of hydrogen-bond donors (Lipinski definition) is 3. The van der Waals surface area contributed by atoms with Gasteiger partial charge in [-0.25, -0.2) is 0 Å². The molecule has 4 rings (SSSR count). The van der Waals surface area contributed by atoms with Gasteiger partial charge >= 0.3 is 0 Å². The quantitative estimate of drug-likeness (QED) is 0.740. The first-order valence-corrected chi connectivity index (χ1v) is 8.43. The zero-order valence-electron chi connectivity index (χ0n) is 13.1. The number of aliphatic hydroxyl groups excluding tert-OH is 1. The van der Waals surface area contributed by atoms with E-state index in [1.807, 2.05) is 18.2 Å². The van der Waals surface area contributed by atoms with Gasteiger partial charge in [0, 0.05) is 23.8 Å². The molecule has 1 amide bonds. The van der Waals surface area contributed by atoms with Gasteiger partial charge in [-0.2, -0.15) is 0 Å². The molecular weight excluding hydrogens is 326 g/mol. The molecule has 0 bridgehead atoms. The molecule has 2 aliphatic rings. The van der Waals surface area contributed by atoms with Crippen LogP contribution in [0.15, 0.2) is 36.4 Å². The summed E-state index contributed by atoms with van der Waals surface area (Å²) < 4.78 is 0. The zero-order valence-corrected chi connectivity index (χ0v) is 13.8. The number of hydrogen-bond acceptors (Lipinski definition) is 4. The second-order valence-corrected chi connectivity index (χ2v) is 6.65. The first-order valence-electron chi connectivity index (χ1n) is 8.05. The number of halogens is 1. The van der Waals surface area contributed by atoms with Crippen LogP contribution in [0.4, 0.5) is 22.7 Å². The molecule has 2 aromatic rings. The lowest BCUT2D eigenvalue weighted by atomic mass is 10.1. The SMILES string of the molecule is O=C1Nc2ccc(N3CCC(O)CC3)cc2Nc2cc(Cl)ccc21. The topological polar surface area (TPSA) is 64.6 Å². The van der Waals surface area contributed by atoms with Crippen LogP contribution in [0.2, 0.25) is 5.02 Å². The van der Waals surface area contributed by atoms with Gasteiger partial charge in [0.1, 0.15) is 0 Å². The third-order valence-corrected chi connectivity index (χ3v) is 4.81. The van der Waals surface area contributed by atoms with Crippen molar-refractivity contribution in [1.29, 1.82) is 0 Å². The standard InChI is InChI=1S/C18H18ClN3O2/c19-11-1-3-14-16(9-11)20-17-10-12(2-4-15(17)21-18(14)24)22-7-5-13(23)6-8-22/h1-4,9-10,13,20,23H,5-8H2,(H,21,24). The Morgan fingerprint density at radius 3 is 2.58 bits per heavy atom. The second kappa shape index (κ2) is 6.00. The summed E-state index contributed by atoms with van der Waals surface area (Å²) in [4.78, 5) is 14.6. The van der Waals surface area contributed by atoms with Gasteiger partial charge in [-0.15, -0.1) is 0 Å². The minimum atomic E-state index is -0.200. The molecule has 1 fully saturated rings. The van der Waals surface area contributed by atoms with E-state index in [1.54, 1.807) is 18.2 Å². The lowest BCUT2D eigenvalue weighted by molar-refractivity contribution is 0.102. The molecule has 0 aliphatic carbocycles. The fourth-order valence-electron chi connectivity index (χ4n) is 3.22. The van der Waals surface area contributed by atoms with Crippen LogP contribution in [0, 0.1) is 0 Å². The number of carbonyl (C=O) groups excluding carboxylic acids is 1. The summed E-state index contributed by atoms with van der Waals surface area (Å²) in [6, 6.07) is 11.1. The van der Waals surface area contributed by atoms with Crippen LogP contribution in [-0.4, -0.2) is 30.2 Å². The van der Waals surface area contributed by atoms with Gasteiger partial charge in [0.25, 0.3) is 5.91 Å². The molecule has 2 heterocycles. The number of aliphatic hydroxyl groups is 1. The average molecular weight is 344 g/mol. The van der Waals surface area contributed by atoms with Gasteiger partial charge in [-0.1, -0.05) is 11.6 Å². The van der Waals surface area contributed by atoms with E-state index >= 15 is 0 Å². The van der Waals surface area contributed by atoms with E-state index in [-0.39, 0.29) is 12.0 Å². The van der Waals surface area contributed by atoms with Crippen LogP contribution < -0.4 is 15.5 Å². The maximum absolute atomic E-state index is 12.4. The van der Waals surface area contributed by atoms with Crippen molar-refractivity contribution in [2.24, 2.45) is 0 Å². The smallest absolute Gasteiger partial charge is 0.257 e. The largest absolute Gasteiger partial charge is 0.393 e. The molecule has 24 heavy (non-hydrogen) atoms. The van der Waals surface area contributed by atoms with E-state index < -0.39 is 0 Å². The maximum atomic E-state index is 12.4. The molecule has 0 unspecified atom stereocenters. The Hall–Kier alpha value is -2.24. The van der Waals surface area contributed by atoms with Crippen LogP contribution >= 0.6 is 11.6 Å². The summed E-state index contributed by atoms with van der Waals surface area (Å²) in [7, 11) is 0. The lowest BCUT2D eigenvalue weighted by Gasteiger charge is -2.32. The van der Waals surface area contributed by atoms with Crippen molar-refractivity contribution in [3.05, 3.63) is 47.0 Å². The molecule has 0 atom stereocenters. The molecule has 3 N–H and O–H groups in total. The fraction of sp³-hybridized carbons (Fsp3) is 0.278. The van der Waals surface area contributed by atoms with Gasteiger partial charge < -0.3 is 20.6 Å². The predicted molar refractivity (Wildman–Crippen MR) is 96.6 cm³/mol. The minimum absolute atomic E-state index is 0.151. The Balaban J connectivity index is 1.69. The highest BCUT2D eigenvalue weighted by atomic mass is 35.5. The van der Waals surface area contributed by atoms with Crippen LogP contribution in [0.1, 0.15) is 23.2 Å². The summed E-state index contributed by atoms with van der Waals surface area (Å²) in [5.74, 6) is -0.151. The highest BCUT2D eigenvalue weighted by Gasteiger charge is 2.22. The number of fused-ring (bicyclic) bond motifs is 2. The van der Waals surface area contributed by atoms with Gasteiger partial charge in [0.2, 0.25) is 0 Å². The number of rotatable bonds is 1. The van der Waals surface area contributed by atoms with Crippen molar-refractivity contribution in [3.8, 4) is 0 Å². The van der Waals surface area contributed by atoms with Gasteiger partial charge in [0.15, 0.2) is 0 Å². The zero-order chi connectivity index (χ0) is 16.7. The normalized spacial score (nSPS) is 17.4. The Morgan fingerprint density at radius 2 is 1.79 bits per heavy atom. The third-order valence-electron chi connectivity index (χ3n) is 4.58. The Labute approximate surface area is 145 Å². The van der Waals surface area contributed by atoms with Crippen LogP contribution in [0.5, 0.6) is 0 Å². The molecule has 0 saturated carbocycles. The molecular formula is C18H18ClN3O2. The summed E-state index contributed by atoms with van der Waals surface area (Å²) in [5, 5.41) is 16.5. The van der Waals surface area contributed by atoms with Crippen molar-refractivity contribution in [3.63, 3.8) is 0 Å². The first-order chi connectivity index (χ1) is 11.6. The van der Waals surface area contributed by atoms with Gasteiger partial charge in [-0.05, 0) is 49.2 Å². The number of benzene rings is 2. The number of nitrogens with zero attached hydrogens (tertiary/aromatic N) is 1. The first kappa shape index (κ1) is 15.3. The van der Waals surface area contributed by atoms with E-state index in [9.17, 15) is 9.90 Å². The highest BCUT2D eigenvalue weighted by Crippen LogP contribution is 2.36. The molecule has 5 nitrogen and oxygen atoms in total. The van der Waals surface area contributed by atoms with E-state index in [0.29, 0.717) is 16.3 Å². The van der Waals surface area contributed by atoms with Crippen molar-refractivity contribution >= 4 is 40.3 Å². The van der Waals surface area contributed by atoms with E-state index in [4.69, 9.17) is 11.6 Å². The molecule has 2 aliphatic heterocycles. The Morgan fingerprint density at radius 1 is 1.00 bits per heavy atom. The third kappa shape index (κ3) is 2.81. The highest BCUT2D eigenvalue weighted by molar-refractivity contribution is 6.31. The number of piperidine rings is 1. The van der Waals surface area contributed by atoms with E-state index in [0.717, 1.165) is 43.0 Å².